The highest BCUT2D eigenvalue weighted by atomic mass is 32.2. The fraction of sp³-hybridized carbons (Fsp3) is 0.292. The normalized spacial score (nSPS) is 19.5. The summed E-state index contributed by atoms with van der Waals surface area (Å²) < 4.78 is 0. The molecule has 5 rings (SSSR count). The van der Waals surface area contributed by atoms with Crippen molar-refractivity contribution < 1.29 is 4.79 Å². The molecule has 1 aromatic carbocycles. The summed E-state index contributed by atoms with van der Waals surface area (Å²) >= 11 is 3.21. The largest absolute Gasteiger partial charge is 0.383 e. The standard InChI is InChI=1S/C24H24N4OS2/c1-24(2)11-15-18(16(29)12-24)19(17-9-6-10-30-17)20-21(25)27-23(28-22(20)26-15)31-13-14-7-4-3-5-8-14/h3-10,19H,11-13H2,1-2H3,(H3,25,26,27,28)/t19-/m1/s1. The number of thioether (sulfide) groups is 1. The number of thiophene rings is 1. The minimum absolute atomic E-state index is 0.0795. The quantitative estimate of drug-likeness (QED) is 0.399. The third-order valence-corrected chi connectivity index (χ3v) is 7.62. The van der Waals surface area contributed by atoms with Crippen LogP contribution in [0.3, 0.4) is 0 Å². The van der Waals surface area contributed by atoms with Gasteiger partial charge < -0.3 is 11.1 Å². The number of aromatic nitrogens is 2. The maximum atomic E-state index is 13.2. The number of rotatable bonds is 4. The van der Waals surface area contributed by atoms with E-state index in [1.165, 1.54) is 5.56 Å². The van der Waals surface area contributed by atoms with E-state index in [1.54, 1.807) is 23.1 Å². The number of anilines is 2. The van der Waals surface area contributed by atoms with Gasteiger partial charge in [0.15, 0.2) is 10.9 Å². The molecule has 3 aromatic rings. The van der Waals surface area contributed by atoms with Gasteiger partial charge in [0.05, 0.1) is 5.92 Å². The Hall–Kier alpha value is -2.64. The maximum Gasteiger partial charge on any atom is 0.191 e. The number of fused-ring (bicyclic) bond motifs is 1. The molecular formula is C24H24N4OS2. The molecule has 1 aliphatic heterocycles. The van der Waals surface area contributed by atoms with Gasteiger partial charge in [-0.05, 0) is 28.8 Å². The second-order valence-corrected chi connectivity index (χ2v) is 10.8. The zero-order chi connectivity index (χ0) is 21.6. The Bertz CT molecular complexity index is 1170. The van der Waals surface area contributed by atoms with Crippen LogP contribution in [0.15, 0.2) is 64.3 Å². The van der Waals surface area contributed by atoms with Crippen LogP contribution in [-0.2, 0) is 10.5 Å². The molecule has 31 heavy (non-hydrogen) atoms. The highest BCUT2D eigenvalue weighted by Crippen LogP contribution is 2.50. The number of Topliss-reactive ketones (excluding diaryl/α,β-unsaturated/α-hetero) is 1. The topological polar surface area (TPSA) is 80.9 Å². The van der Waals surface area contributed by atoms with Crippen LogP contribution < -0.4 is 11.1 Å². The molecule has 0 saturated heterocycles. The number of nitrogen functional groups attached to an aromatic ring is 1. The molecule has 0 unspecified atom stereocenters. The van der Waals surface area contributed by atoms with Crippen LogP contribution in [0.5, 0.6) is 0 Å². The van der Waals surface area contributed by atoms with E-state index < -0.39 is 0 Å². The van der Waals surface area contributed by atoms with Crippen LogP contribution in [0.1, 0.15) is 48.6 Å². The van der Waals surface area contributed by atoms with Crippen LogP contribution in [-0.4, -0.2) is 15.8 Å². The fourth-order valence-corrected chi connectivity index (χ4v) is 6.09. The van der Waals surface area contributed by atoms with E-state index in [2.05, 4.69) is 42.3 Å². The van der Waals surface area contributed by atoms with E-state index in [0.29, 0.717) is 17.4 Å². The molecule has 0 saturated carbocycles. The monoisotopic (exact) mass is 448 g/mol. The number of nitrogens with zero attached hydrogens (tertiary/aromatic N) is 2. The SMILES string of the molecule is CC1(C)CC(=O)C2=C(C1)Nc1nc(SCc3ccccc3)nc(N)c1[C@@H]2c1cccs1. The number of benzene rings is 1. The number of nitrogens with two attached hydrogens (primary N) is 1. The average molecular weight is 449 g/mol. The molecule has 158 valence electrons. The Morgan fingerprint density at radius 1 is 1.16 bits per heavy atom. The fourth-order valence-electron chi connectivity index (χ4n) is 4.44. The Morgan fingerprint density at radius 2 is 1.97 bits per heavy atom. The molecule has 0 spiro atoms. The number of nitrogens with one attached hydrogen (secondary N) is 1. The molecule has 0 bridgehead atoms. The van der Waals surface area contributed by atoms with Gasteiger partial charge in [-0.2, -0.15) is 0 Å². The molecule has 0 fully saturated rings. The summed E-state index contributed by atoms with van der Waals surface area (Å²) in [5.41, 5.74) is 10.2. The van der Waals surface area contributed by atoms with Crippen LogP contribution in [0.2, 0.25) is 0 Å². The molecule has 1 atom stereocenters. The van der Waals surface area contributed by atoms with E-state index in [9.17, 15) is 4.79 Å². The summed E-state index contributed by atoms with van der Waals surface area (Å²) in [6.45, 7) is 4.28. The van der Waals surface area contributed by atoms with Crippen molar-refractivity contribution in [3.63, 3.8) is 0 Å². The zero-order valence-electron chi connectivity index (χ0n) is 17.5. The van der Waals surface area contributed by atoms with Crippen molar-refractivity contribution in [1.29, 1.82) is 0 Å². The Balaban J connectivity index is 1.56. The molecule has 2 aromatic heterocycles. The van der Waals surface area contributed by atoms with Gasteiger partial charge in [0.1, 0.15) is 11.6 Å². The van der Waals surface area contributed by atoms with Crippen molar-refractivity contribution in [2.75, 3.05) is 11.1 Å². The van der Waals surface area contributed by atoms with Crippen LogP contribution in [0, 0.1) is 5.41 Å². The predicted octanol–water partition coefficient (Wildman–Crippen LogP) is 5.61. The summed E-state index contributed by atoms with van der Waals surface area (Å²) in [7, 11) is 0. The van der Waals surface area contributed by atoms with Gasteiger partial charge in [-0.15, -0.1) is 11.3 Å². The van der Waals surface area contributed by atoms with Gasteiger partial charge in [0.2, 0.25) is 0 Å². The lowest BCUT2D eigenvalue weighted by Crippen LogP contribution is -2.34. The molecule has 7 heteroatoms. The number of hydrogen-bond acceptors (Lipinski definition) is 7. The van der Waals surface area contributed by atoms with E-state index in [-0.39, 0.29) is 17.1 Å². The summed E-state index contributed by atoms with van der Waals surface area (Å²) in [4.78, 5) is 23.8. The predicted molar refractivity (Wildman–Crippen MR) is 127 cm³/mol. The van der Waals surface area contributed by atoms with E-state index in [0.717, 1.165) is 39.7 Å². The smallest absolute Gasteiger partial charge is 0.191 e. The lowest BCUT2D eigenvalue weighted by atomic mass is 9.70. The minimum Gasteiger partial charge on any atom is -0.383 e. The molecule has 1 aliphatic carbocycles. The average Bonchev–Trinajstić information content (AvgIpc) is 3.25. The molecule has 3 heterocycles. The number of carbonyl (C=O) groups excluding carboxylic acids is 1. The van der Waals surface area contributed by atoms with E-state index in [1.807, 2.05) is 29.6 Å². The highest BCUT2D eigenvalue weighted by molar-refractivity contribution is 7.98. The van der Waals surface area contributed by atoms with E-state index in [4.69, 9.17) is 10.7 Å². The summed E-state index contributed by atoms with van der Waals surface area (Å²) in [6, 6.07) is 14.3. The second-order valence-electron chi connectivity index (χ2n) is 8.83. The zero-order valence-corrected chi connectivity index (χ0v) is 19.1. The summed E-state index contributed by atoms with van der Waals surface area (Å²) in [5.74, 6) is 1.92. The first kappa shape index (κ1) is 20.3. The van der Waals surface area contributed by atoms with Crippen molar-refractivity contribution in [3.05, 3.63) is 75.1 Å². The van der Waals surface area contributed by atoms with Crippen molar-refractivity contribution in [3.8, 4) is 0 Å². The number of ketones is 1. The lowest BCUT2D eigenvalue weighted by molar-refractivity contribution is -0.118. The Kier molecular flexibility index (Phi) is 5.10. The van der Waals surface area contributed by atoms with E-state index >= 15 is 0 Å². The summed E-state index contributed by atoms with van der Waals surface area (Å²) in [5, 5.41) is 6.15. The second kappa shape index (κ2) is 7.80. The Labute approximate surface area is 190 Å². The first-order chi connectivity index (χ1) is 14.9. The van der Waals surface area contributed by atoms with Crippen LogP contribution >= 0.6 is 23.1 Å². The molecule has 5 nitrogen and oxygen atoms in total. The molecule has 3 N–H and O–H groups in total. The lowest BCUT2D eigenvalue weighted by Gasteiger charge is -2.38. The molecule has 0 radical (unpaired) electrons. The van der Waals surface area contributed by atoms with Crippen molar-refractivity contribution in [1.82, 2.24) is 9.97 Å². The highest BCUT2D eigenvalue weighted by Gasteiger charge is 2.42. The third kappa shape index (κ3) is 3.88. The van der Waals surface area contributed by atoms with Gasteiger partial charge >= 0.3 is 0 Å². The third-order valence-electron chi connectivity index (χ3n) is 5.76. The molecule has 0 amide bonds. The van der Waals surface area contributed by atoms with Crippen LogP contribution in [0.25, 0.3) is 0 Å². The van der Waals surface area contributed by atoms with Crippen molar-refractivity contribution in [2.45, 2.75) is 43.5 Å². The first-order valence-corrected chi connectivity index (χ1v) is 12.2. The Morgan fingerprint density at radius 3 is 2.71 bits per heavy atom. The number of carbonyl (C=O) groups is 1. The van der Waals surface area contributed by atoms with Gasteiger partial charge in [0, 0.05) is 33.9 Å². The van der Waals surface area contributed by atoms with Gasteiger partial charge in [-0.25, -0.2) is 9.97 Å². The minimum atomic E-state index is -0.206. The van der Waals surface area contributed by atoms with Crippen molar-refractivity contribution >= 4 is 40.5 Å². The molecule has 2 aliphatic rings. The van der Waals surface area contributed by atoms with Crippen molar-refractivity contribution in [2.24, 2.45) is 5.41 Å². The van der Waals surface area contributed by atoms with Gasteiger partial charge in [-0.3, -0.25) is 4.79 Å². The number of hydrogen-bond donors (Lipinski definition) is 2. The van der Waals surface area contributed by atoms with Gasteiger partial charge in [0.25, 0.3) is 0 Å². The number of allylic oxidation sites excluding steroid dienone is 2. The van der Waals surface area contributed by atoms with Crippen LogP contribution in [0.4, 0.5) is 11.6 Å². The summed E-state index contributed by atoms with van der Waals surface area (Å²) in [6.07, 6.45) is 1.35. The first-order valence-electron chi connectivity index (χ1n) is 10.3. The van der Waals surface area contributed by atoms with Gasteiger partial charge in [-0.1, -0.05) is 62.0 Å². The molecular weight excluding hydrogens is 424 g/mol. The maximum absolute atomic E-state index is 13.2.